The molecule has 28 heteroatoms. The molecule has 12 N–H and O–H groups in total. The van der Waals surface area contributed by atoms with Crippen LogP contribution in [0.1, 0.15) is 101 Å². The number of nitrogens with two attached hydrogens (primary N) is 6. The Kier molecular flexibility index (Phi) is 26.2. The summed E-state index contributed by atoms with van der Waals surface area (Å²) in [6, 6.07) is 49.8. The molecule has 588 valence electrons. The normalized spacial score (nSPS) is 18.2. The molecule has 15 rings (SSSR count). The topological polar surface area (TPSA) is 368 Å². The van der Waals surface area contributed by atoms with Gasteiger partial charge in [0.1, 0.15) is 85.7 Å². The third-order valence-electron chi connectivity index (χ3n) is 21.0. The van der Waals surface area contributed by atoms with Gasteiger partial charge in [-0.15, -0.1) is 0 Å². The van der Waals surface area contributed by atoms with Crippen molar-refractivity contribution in [2.45, 2.75) is 69.5 Å². The lowest BCUT2D eigenvalue weighted by Gasteiger charge is -2.25. The lowest BCUT2D eigenvalue weighted by atomic mass is 10.1. The summed E-state index contributed by atoms with van der Waals surface area (Å²) in [5.41, 5.74) is 40.2. The number of nitrogen functional groups attached to an aromatic ring is 3. The maximum atomic E-state index is 12.8. The van der Waals surface area contributed by atoms with Crippen molar-refractivity contribution < 1.29 is 47.7 Å². The Labute approximate surface area is 656 Å². The third-order valence-corrected chi connectivity index (χ3v) is 21.0. The van der Waals surface area contributed by atoms with Gasteiger partial charge in [0.25, 0.3) is 17.7 Å². The standard InChI is InChI=1S/C29H34N6O3.C28H32N6O4.C28H32N6O3/c30-28-26(29(31)37)27(21-11-13-24(14-12-21)38-23-8-3-1-4-9-23)32-35(28)22-15-19-34(20-22)25(36)10-7-18-33-16-5-2-6-17-33;29-27-25(28(30)36)26(20-8-10-23(11-9-20)38-22-5-2-1-3-6-22)31-34(27)21-12-14-33(19-21)24(35)7-4-13-32-15-17-37-18-16-32;29-27-25(28(30)36)26(20-10-12-23(13-11-20)37-22-7-2-1-3-8-22)31-34(27)21-14-18-33(19-21)24(35)9-6-17-32-15-4-5-16-32/h1,3-4,7-14,22H,2,5-6,15-20,30H2,(H2,31,37);1-11,21H,12-19,29H2,(H2,30,36);1-3,6-13,21H,4-5,14-19,29H2,(H2,30,36)/b10-7+;7-4+;9-6+/t22-;2*21-/m111/s1. The molecule has 0 bridgehead atoms. The lowest BCUT2D eigenvalue weighted by Crippen LogP contribution is -2.36. The Bertz CT molecular complexity index is 4630. The van der Waals surface area contributed by atoms with Gasteiger partial charge in [-0.25, -0.2) is 14.0 Å². The largest absolute Gasteiger partial charge is 0.457 e. The molecule has 6 aliphatic rings. The third kappa shape index (κ3) is 20.1. The molecule has 9 aromatic rings. The van der Waals surface area contributed by atoms with E-state index < -0.39 is 17.7 Å². The van der Waals surface area contributed by atoms with Crippen molar-refractivity contribution in [3.63, 3.8) is 0 Å². The molecular formula is C85H98N18O10. The number of hydrogen-bond donors (Lipinski definition) is 6. The van der Waals surface area contributed by atoms with Gasteiger partial charge in [-0.05, 0) is 180 Å². The van der Waals surface area contributed by atoms with E-state index in [1.54, 1.807) is 47.0 Å². The van der Waals surface area contributed by atoms with Gasteiger partial charge >= 0.3 is 0 Å². The van der Waals surface area contributed by atoms with Crippen LogP contribution in [-0.4, -0.2) is 206 Å². The number of rotatable bonds is 24. The zero-order valence-electron chi connectivity index (χ0n) is 63.4. The summed E-state index contributed by atoms with van der Waals surface area (Å²) in [5, 5.41) is 14.1. The van der Waals surface area contributed by atoms with Crippen molar-refractivity contribution in [1.29, 1.82) is 0 Å². The van der Waals surface area contributed by atoms with Crippen LogP contribution in [0.25, 0.3) is 33.8 Å². The minimum absolute atomic E-state index is 0.0143. The van der Waals surface area contributed by atoms with E-state index in [2.05, 4.69) is 19.8 Å². The van der Waals surface area contributed by atoms with Gasteiger partial charge in [-0.1, -0.05) is 79.2 Å². The fourth-order valence-electron chi connectivity index (χ4n) is 15.0. The summed E-state index contributed by atoms with van der Waals surface area (Å²) >= 11 is 0. The zero-order chi connectivity index (χ0) is 78.7. The van der Waals surface area contributed by atoms with Crippen LogP contribution in [0.4, 0.5) is 17.5 Å². The molecule has 6 amide bonds. The minimum Gasteiger partial charge on any atom is -0.457 e. The fraction of sp³-hybridized carbons (Fsp3) is 0.329. The second-order valence-electron chi connectivity index (χ2n) is 28.7. The lowest BCUT2D eigenvalue weighted by molar-refractivity contribution is -0.125. The molecule has 0 saturated carbocycles. The number of aromatic nitrogens is 6. The van der Waals surface area contributed by atoms with Gasteiger partial charge in [0.05, 0.1) is 31.3 Å². The summed E-state index contributed by atoms with van der Waals surface area (Å²) in [5.74, 6) is 2.80. The maximum absolute atomic E-state index is 12.8. The first kappa shape index (κ1) is 78.7. The van der Waals surface area contributed by atoms with Crippen molar-refractivity contribution in [2.75, 3.05) is 129 Å². The number of benzene rings is 6. The highest BCUT2D eigenvalue weighted by Gasteiger charge is 2.35. The number of morpholine rings is 1. The van der Waals surface area contributed by atoms with Gasteiger partial charge in [-0.2, -0.15) is 15.3 Å². The van der Waals surface area contributed by atoms with Crippen molar-refractivity contribution in [3.05, 3.63) is 217 Å². The molecule has 0 spiro atoms. The number of ether oxygens (including phenoxy) is 4. The van der Waals surface area contributed by atoms with Crippen LogP contribution in [0.5, 0.6) is 34.5 Å². The van der Waals surface area contributed by atoms with E-state index in [1.807, 2.05) is 182 Å². The van der Waals surface area contributed by atoms with E-state index >= 15 is 0 Å². The summed E-state index contributed by atoms with van der Waals surface area (Å²) < 4.78 is 27.9. The molecule has 28 nitrogen and oxygen atoms in total. The molecule has 6 saturated heterocycles. The number of anilines is 3. The number of carbonyl (C=O) groups is 6. The quantitative estimate of drug-likeness (QED) is 0.0306. The SMILES string of the molecule is NC(=O)c1c(-c2ccc(Oc3ccccc3)cc2)nn([C@@H]2CCN(C(=O)/C=C/CN3CCCC3)C2)c1N.NC(=O)c1c(-c2ccc(Oc3ccccc3)cc2)nn([C@@H]2CCN(C(=O)/C=C/CN3CCCCC3)C2)c1N.NC(=O)c1c(-c2ccc(Oc3ccccc3)cc2)nn([C@@H]2CCN(C(=O)/C=C/CN3CCOCC3)C2)c1N. The van der Waals surface area contributed by atoms with E-state index in [4.69, 9.17) is 63.5 Å². The first-order chi connectivity index (χ1) is 55.0. The molecular weight excluding hydrogens is 1430 g/mol. The van der Waals surface area contributed by atoms with Gasteiger partial charge in [-0.3, -0.25) is 43.5 Å². The molecule has 3 aromatic heterocycles. The highest BCUT2D eigenvalue weighted by atomic mass is 16.5. The number of likely N-dealkylation sites (tertiary alicyclic amines) is 5. The Morgan fingerprint density at radius 3 is 0.903 bits per heavy atom. The predicted octanol–water partition coefficient (Wildman–Crippen LogP) is 9.97. The number of hydrogen-bond acceptors (Lipinski definition) is 19. The number of amides is 6. The van der Waals surface area contributed by atoms with Crippen LogP contribution in [0, 0.1) is 0 Å². The highest BCUT2D eigenvalue weighted by molar-refractivity contribution is 6.05. The van der Waals surface area contributed by atoms with Crippen LogP contribution in [0.15, 0.2) is 200 Å². The number of nitrogens with zero attached hydrogens (tertiary/aromatic N) is 12. The van der Waals surface area contributed by atoms with Gasteiger partial charge in [0.15, 0.2) is 0 Å². The highest BCUT2D eigenvalue weighted by Crippen LogP contribution is 2.38. The van der Waals surface area contributed by atoms with Crippen LogP contribution in [-0.2, 0) is 19.1 Å². The number of piperidine rings is 1. The number of para-hydroxylation sites is 3. The first-order valence-electron chi connectivity index (χ1n) is 38.6. The Balaban J connectivity index is 0.000000148. The molecule has 113 heavy (non-hydrogen) atoms. The fourth-order valence-corrected chi connectivity index (χ4v) is 15.0. The summed E-state index contributed by atoms with van der Waals surface area (Å²) in [6.45, 7) is 13.1. The second kappa shape index (κ2) is 37.6. The maximum Gasteiger partial charge on any atom is 0.254 e. The van der Waals surface area contributed by atoms with Crippen molar-refractivity contribution >= 4 is 52.9 Å². The molecule has 0 aliphatic carbocycles. The average molecular weight is 1530 g/mol. The number of carbonyl (C=O) groups excluding carboxylic acids is 6. The second-order valence-corrected chi connectivity index (χ2v) is 28.7. The average Bonchev–Trinajstić information content (AvgIpc) is 1.64. The van der Waals surface area contributed by atoms with Gasteiger partial charge in [0.2, 0.25) is 17.7 Å². The summed E-state index contributed by atoms with van der Waals surface area (Å²) in [6.07, 6.45) is 19.0. The van der Waals surface area contributed by atoms with Crippen LogP contribution in [0.2, 0.25) is 0 Å². The van der Waals surface area contributed by atoms with E-state index in [9.17, 15) is 28.8 Å². The summed E-state index contributed by atoms with van der Waals surface area (Å²) in [4.78, 5) is 87.7. The zero-order valence-corrected chi connectivity index (χ0v) is 63.4. The number of primary amides is 3. The van der Waals surface area contributed by atoms with Crippen molar-refractivity contribution in [2.24, 2.45) is 17.2 Å². The molecule has 6 aliphatic heterocycles. The Morgan fingerprint density at radius 2 is 0.619 bits per heavy atom. The van der Waals surface area contributed by atoms with Gasteiger partial charge in [0, 0.05) is 107 Å². The minimum atomic E-state index is -0.648. The Hall–Kier alpha value is -12.4. The molecule has 0 unspecified atom stereocenters. The van der Waals surface area contributed by atoms with E-state index in [0.29, 0.717) is 110 Å². The van der Waals surface area contributed by atoms with Crippen LogP contribution in [0.3, 0.4) is 0 Å². The predicted molar refractivity (Wildman–Crippen MR) is 433 cm³/mol. The van der Waals surface area contributed by atoms with Gasteiger partial charge < -0.3 is 68.0 Å². The monoisotopic (exact) mass is 1530 g/mol. The van der Waals surface area contributed by atoms with Crippen molar-refractivity contribution in [1.82, 2.24) is 58.7 Å². The first-order valence-corrected chi connectivity index (χ1v) is 38.6. The molecule has 0 radical (unpaired) electrons. The molecule has 6 aromatic carbocycles. The molecule has 3 atom stereocenters. The van der Waals surface area contributed by atoms with E-state index in [1.165, 1.54) is 32.1 Å². The van der Waals surface area contributed by atoms with E-state index in [0.717, 1.165) is 89.4 Å². The van der Waals surface area contributed by atoms with E-state index in [-0.39, 0.29) is 70.0 Å². The van der Waals surface area contributed by atoms with Crippen LogP contribution < -0.4 is 48.6 Å². The van der Waals surface area contributed by atoms with Crippen LogP contribution >= 0.6 is 0 Å². The Morgan fingerprint density at radius 1 is 0.354 bits per heavy atom. The van der Waals surface area contributed by atoms with Crippen molar-refractivity contribution in [3.8, 4) is 68.3 Å². The smallest absolute Gasteiger partial charge is 0.254 e. The summed E-state index contributed by atoms with van der Waals surface area (Å²) in [7, 11) is 0. The molecule has 6 fully saturated rings. The molecule has 9 heterocycles.